The second-order valence-electron chi connectivity index (χ2n) is 3.45. The summed E-state index contributed by atoms with van der Waals surface area (Å²) >= 11 is 5.71. The average Bonchev–Trinajstić information content (AvgIpc) is 2.62. The minimum Gasteiger partial charge on any atom is -0.266 e. The largest absolute Gasteiger partial charge is 0.282 e. The van der Waals surface area contributed by atoms with Crippen LogP contribution in [0.4, 0.5) is 0 Å². The lowest BCUT2D eigenvalue weighted by atomic mass is 10.0. The highest BCUT2D eigenvalue weighted by Gasteiger charge is 2.19. The van der Waals surface area contributed by atoms with Crippen LogP contribution < -0.4 is 5.56 Å². The summed E-state index contributed by atoms with van der Waals surface area (Å²) in [4.78, 5) is 10.9. The van der Waals surface area contributed by atoms with Crippen molar-refractivity contribution in [2.45, 2.75) is 31.6 Å². The minimum absolute atomic E-state index is 0.247. The van der Waals surface area contributed by atoms with Crippen molar-refractivity contribution in [1.29, 1.82) is 0 Å². The topological polar surface area (TPSA) is 45.8 Å². The molecule has 1 aromatic heterocycles. The number of nitrogens with one attached hydrogen (secondary N) is 1. The van der Waals surface area contributed by atoms with Gasteiger partial charge in [0.25, 0.3) is 5.56 Å². The standard InChI is InChI=1S/C9H11ClN2O/c10-7-5-8(11-12-9(7)13)6-3-1-2-4-6/h5-6H,1-4H2,(H,12,13). The lowest BCUT2D eigenvalue weighted by molar-refractivity contribution is 0.677. The lowest BCUT2D eigenvalue weighted by Gasteiger charge is -2.06. The van der Waals surface area contributed by atoms with Gasteiger partial charge in [-0.05, 0) is 18.9 Å². The molecular formula is C9H11ClN2O. The molecule has 1 N–H and O–H groups in total. The SMILES string of the molecule is O=c1[nH]nc(C2CCCC2)cc1Cl. The Morgan fingerprint density at radius 2 is 2.15 bits per heavy atom. The smallest absolute Gasteiger partial charge is 0.266 e. The van der Waals surface area contributed by atoms with Gasteiger partial charge in [-0.25, -0.2) is 5.10 Å². The van der Waals surface area contributed by atoms with E-state index in [9.17, 15) is 4.79 Å². The third-order valence-electron chi connectivity index (χ3n) is 2.55. The van der Waals surface area contributed by atoms with Crippen LogP contribution in [0, 0.1) is 0 Å². The van der Waals surface area contributed by atoms with Gasteiger partial charge in [-0.15, -0.1) is 0 Å². The van der Waals surface area contributed by atoms with Crippen LogP contribution in [0.5, 0.6) is 0 Å². The number of hydrogen-bond acceptors (Lipinski definition) is 2. The molecular weight excluding hydrogens is 188 g/mol. The molecule has 0 aliphatic heterocycles. The molecule has 13 heavy (non-hydrogen) atoms. The Bertz CT molecular complexity index is 355. The van der Waals surface area contributed by atoms with Gasteiger partial charge in [0, 0.05) is 5.92 Å². The van der Waals surface area contributed by atoms with Gasteiger partial charge in [-0.2, -0.15) is 5.10 Å². The number of aromatic amines is 1. The third kappa shape index (κ3) is 1.75. The average molecular weight is 199 g/mol. The van der Waals surface area contributed by atoms with Crippen molar-refractivity contribution >= 4 is 11.6 Å². The van der Waals surface area contributed by atoms with Crippen molar-refractivity contribution in [3.63, 3.8) is 0 Å². The second kappa shape index (κ2) is 3.50. The zero-order chi connectivity index (χ0) is 9.26. The summed E-state index contributed by atoms with van der Waals surface area (Å²) < 4.78 is 0. The molecule has 1 aliphatic carbocycles. The molecule has 70 valence electrons. The molecule has 0 radical (unpaired) electrons. The van der Waals surface area contributed by atoms with E-state index in [4.69, 9.17) is 11.6 Å². The fourth-order valence-corrected chi connectivity index (χ4v) is 1.98. The minimum atomic E-state index is -0.302. The van der Waals surface area contributed by atoms with Crippen LogP contribution in [0.3, 0.4) is 0 Å². The van der Waals surface area contributed by atoms with Gasteiger partial charge in [0.15, 0.2) is 0 Å². The van der Waals surface area contributed by atoms with Gasteiger partial charge in [0.1, 0.15) is 5.02 Å². The molecule has 0 spiro atoms. The monoisotopic (exact) mass is 198 g/mol. The van der Waals surface area contributed by atoms with Crippen molar-refractivity contribution in [3.8, 4) is 0 Å². The number of halogens is 1. The molecule has 4 heteroatoms. The van der Waals surface area contributed by atoms with Crippen LogP contribution in [0.1, 0.15) is 37.3 Å². The highest BCUT2D eigenvalue weighted by molar-refractivity contribution is 6.30. The molecule has 0 unspecified atom stereocenters. The zero-order valence-electron chi connectivity index (χ0n) is 7.22. The highest BCUT2D eigenvalue weighted by atomic mass is 35.5. The zero-order valence-corrected chi connectivity index (χ0v) is 7.97. The number of nitrogens with zero attached hydrogens (tertiary/aromatic N) is 1. The molecule has 1 heterocycles. The Kier molecular flexibility index (Phi) is 2.36. The van der Waals surface area contributed by atoms with Gasteiger partial charge in [0.05, 0.1) is 5.69 Å². The molecule has 1 aliphatic rings. The molecule has 1 saturated carbocycles. The maximum Gasteiger partial charge on any atom is 0.282 e. The van der Waals surface area contributed by atoms with Crippen molar-refractivity contribution < 1.29 is 0 Å². The van der Waals surface area contributed by atoms with Crippen LogP contribution in [-0.2, 0) is 0 Å². The fourth-order valence-electron chi connectivity index (χ4n) is 1.83. The maximum atomic E-state index is 10.9. The molecule has 2 rings (SSSR count). The summed E-state index contributed by atoms with van der Waals surface area (Å²) in [7, 11) is 0. The maximum absolute atomic E-state index is 10.9. The first-order chi connectivity index (χ1) is 6.27. The predicted molar refractivity (Wildman–Crippen MR) is 51.1 cm³/mol. The van der Waals surface area contributed by atoms with Crippen LogP contribution in [-0.4, -0.2) is 10.2 Å². The van der Waals surface area contributed by atoms with E-state index in [0.717, 1.165) is 18.5 Å². The van der Waals surface area contributed by atoms with E-state index in [1.165, 1.54) is 12.8 Å². The Morgan fingerprint density at radius 1 is 1.46 bits per heavy atom. The van der Waals surface area contributed by atoms with E-state index in [1.807, 2.05) is 0 Å². The van der Waals surface area contributed by atoms with E-state index in [-0.39, 0.29) is 10.6 Å². The summed E-state index contributed by atoms with van der Waals surface area (Å²) in [6.07, 6.45) is 4.83. The molecule has 0 amide bonds. The molecule has 3 nitrogen and oxygen atoms in total. The Labute approximate surface area is 81.1 Å². The van der Waals surface area contributed by atoms with Crippen LogP contribution in [0.15, 0.2) is 10.9 Å². The number of rotatable bonds is 1. The number of hydrogen-bond donors (Lipinski definition) is 1. The van der Waals surface area contributed by atoms with Crippen LogP contribution >= 0.6 is 11.6 Å². The predicted octanol–water partition coefficient (Wildman–Crippen LogP) is 2.08. The molecule has 0 bridgehead atoms. The summed E-state index contributed by atoms with van der Waals surface area (Å²) in [5.74, 6) is 0.495. The highest BCUT2D eigenvalue weighted by Crippen LogP contribution is 2.32. The fraction of sp³-hybridized carbons (Fsp3) is 0.556. The summed E-state index contributed by atoms with van der Waals surface area (Å²) in [5, 5.41) is 6.65. The van der Waals surface area contributed by atoms with Crippen LogP contribution in [0.25, 0.3) is 0 Å². The van der Waals surface area contributed by atoms with Gasteiger partial charge >= 0.3 is 0 Å². The quantitative estimate of drug-likeness (QED) is 0.751. The van der Waals surface area contributed by atoms with E-state index >= 15 is 0 Å². The first-order valence-electron chi connectivity index (χ1n) is 4.52. The summed E-state index contributed by atoms with van der Waals surface area (Å²) in [5.41, 5.74) is 0.630. The number of H-pyrrole nitrogens is 1. The van der Waals surface area contributed by atoms with Crippen molar-refractivity contribution in [2.75, 3.05) is 0 Å². The summed E-state index contributed by atoms with van der Waals surface area (Å²) in [6.45, 7) is 0. The van der Waals surface area contributed by atoms with E-state index < -0.39 is 0 Å². The van der Waals surface area contributed by atoms with Gasteiger partial charge < -0.3 is 0 Å². The van der Waals surface area contributed by atoms with Gasteiger partial charge in [-0.1, -0.05) is 24.4 Å². The normalized spacial score (nSPS) is 17.9. The van der Waals surface area contributed by atoms with Gasteiger partial charge in [0.2, 0.25) is 0 Å². The van der Waals surface area contributed by atoms with E-state index in [0.29, 0.717) is 5.92 Å². The Morgan fingerprint density at radius 3 is 2.77 bits per heavy atom. The van der Waals surface area contributed by atoms with Crippen molar-refractivity contribution in [1.82, 2.24) is 10.2 Å². The lowest BCUT2D eigenvalue weighted by Crippen LogP contribution is -2.11. The number of aromatic nitrogens is 2. The summed E-state index contributed by atoms with van der Waals surface area (Å²) in [6, 6.07) is 1.69. The van der Waals surface area contributed by atoms with Crippen molar-refractivity contribution in [3.05, 3.63) is 27.1 Å². The van der Waals surface area contributed by atoms with Crippen LogP contribution in [0.2, 0.25) is 5.02 Å². The first-order valence-corrected chi connectivity index (χ1v) is 4.90. The molecule has 0 aromatic carbocycles. The molecule has 0 atom stereocenters. The van der Waals surface area contributed by atoms with E-state index in [2.05, 4.69) is 10.2 Å². The Balaban J connectivity index is 2.30. The van der Waals surface area contributed by atoms with Crippen molar-refractivity contribution in [2.24, 2.45) is 0 Å². The van der Waals surface area contributed by atoms with E-state index in [1.54, 1.807) is 6.07 Å². The van der Waals surface area contributed by atoms with Gasteiger partial charge in [-0.3, -0.25) is 4.79 Å². The molecule has 0 saturated heterocycles. The second-order valence-corrected chi connectivity index (χ2v) is 3.86. The Hall–Kier alpha value is -0.830. The molecule has 1 aromatic rings. The first kappa shape index (κ1) is 8.75. The molecule has 1 fully saturated rings. The third-order valence-corrected chi connectivity index (χ3v) is 2.83.